The lowest BCUT2D eigenvalue weighted by Gasteiger charge is -2.32. The second-order valence-corrected chi connectivity index (χ2v) is 11.9. The second-order valence-electron chi connectivity index (χ2n) is 8.76. The van der Waals surface area contributed by atoms with Gasteiger partial charge >= 0.3 is 0 Å². The number of sulfonamides is 1. The van der Waals surface area contributed by atoms with Crippen LogP contribution in [0.1, 0.15) is 25.8 Å². The summed E-state index contributed by atoms with van der Waals surface area (Å²) in [7, 11) is -2.73. The molecule has 0 aromatic heterocycles. The summed E-state index contributed by atoms with van der Waals surface area (Å²) in [6.07, 6.45) is 0.735. The Kier molecular flexibility index (Phi) is 10.8. The van der Waals surface area contributed by atoms with Crippen LogP contribution in [-0.4, -0.2) is 51.4 Å². The van der Waals surface area contributed by atoms with Gasteiger partial charge in [0.25, 0.3) is 10.0 Å². The average Bonchev–Trinajstić information content (AvgIpc) is 2.93. The molecular weight excluding hydrogens is 606 g/mol. The molecule has 0 heterocycles. The van der Waals surface area contributed by atoms with Gasteiger partial charge in [-0.1, -0.05) is 64.8 Å². The van der Waals surface area contributed by atoms with Gasteiger partial charge in [0, 0.05) is 17.6 Å². The number of rotatable bonds is 12. The van der Waals surface area contributed by atoms with E-state index in [0.29, 0.717) is 12.3 Å². The SMILES string of the molecule is CCCNC(=O)[C@@H](C)N(Cc1cccc(Br)c1)C(=O)CN(c1ccc(OC)c(Cl)c1)S(=O)(=O)c1ccccc1. The summed E-state index contributed by atoms with van der Waals surface area (Å²) >= 11 is 9.77. The molecule has 0 radical (unpaired) electrons. The molecule has 0 unspecified atom stereocenters. The Bertz CT molecular complexity index is 1410. The van der Waals surface area contributed by atoms with E-state index in [2.05, 4.69) is 21.2 Å². The fourth-order valence-electron chi connectivity index (χ4n) is 3.87. The molecule has 0 aliphatic carbocycles. The highest BCUT2D eigenvalue weighted by atomic mass is 79.9. The summed E-state index contributed by atoms with van der Waals surface area (Å²) in [4.78, 5) is 28.2. The zero-order valence-corrected chi connectivity index (χ0v) is 25.1. The number of hydrogen-bond acceptors (Lipinski definition) is 5. The number of ether oxygens (including phenoxy) is 1. The third-order valence-corrected chi connectivity index (χ3v) is 8.57. The molecule has 3 aromatic carbocycles. The van der Waals surface area contributed by atoms with Gasteiger partial charge in [-0.2, -0.15) is 0 Å². The van der Waals surface area contributed by atoms with Crippen LogP contribution in [0, 0.1) is 0 Å². The van der Waals surface area contributed by atoms with Gasteiger partial charge in [-0.05, 0) is 61.4 Å². The van der Waals surface area contributed by atoms with Crippen LogP contribution in [0.25, 0.3) is 0 Å². The van der Waals surface area contributed by atoms with E-state index in [9.17, 15) is 18.0 Å². The number of methoxy groups -OCH3 is 1. The number of amides is 2. The van der Waals surface area contributed by atoms with Crippen LogP contribution in [0.3, 0.4) is 0 Å². The van der Waals surface area contributed by atoms with Crippen molar-refractivity contribution in [1.82, 2.24) is 10.2 Å². The number of benzene rings is 3. The molecule has 0 aliphatic rings. The number of carbonyl (C=O) groups is 2. The topological polar surface area (TPSA) is 96.0 Å². The fourth-order valence-corrected chi connectivity index (χ4v) is 6.00. The highest BCUT2D eigenvalue weighted by Crippen LogP contribution is 2.32. The molecule has 3 aromatic rings. The van der Waals surface area contributed by atoms with E-state index < -0.39 is 28.5 Å². The van der Waals surface area contributed by atoms with Crippen molar-refractivity contribution in [3.05, 3.63) is 87.9 Å². The predicted molar refractivity (Wildman–Crippen MR) is 156 cm³/mol. The maximum absolute atomic E-state index is 13.9. The molecule has 0 bridgehead atoms. The van der Waals surface area contributed by atoms with Gasteiger partial charge in [0.2, 0.25) is 11.8 Å². The molecule has 1 N–H and O–H groups in total. The Morgan fingerprint density at radius 1 is 1.05 bits per heavy atom. The van der Waals surface area contributed by atoms with Crippen molar-refractivity contribution in [1.29, 1.82) is 0 Å². The summed E-state index contributed by atoms with van der Waals surface area (Å²) in [5.41, 5.74) is 0.960. The highest BCUT2D eigenvalue weighted by Gasteiger charge is 2.32. The quantitative estimate of drug-likeness (QED) is 0.293. The van der Waals surface area contributed by atoms with Crippen LogP contribution < -0.4 is 14.4 Å². The Morgan fingerprint density at radius 2 is 1.77 bits per heavy atom. The number of nitrogens with one attached hydrogen (secondary N) is 1. The lowest BCUT2D eigenvalue weighted by atomic mass is 10.1. The highest BCUT2D eigenvalue weighted by molar-refractivity contribution is 9.10. The van der Waals surface area contributed by atoms with Gasteiger partial charge in [0.05, 0.1) is 22.7 Å². The van der Waals surface area contributed by atoms with Gasteiger partial charge in [-0.25, -0.2) is 8.42 Å². The van der Waals surface area contributed by atoms with Crippen molar-refractivity contribution >= 4 is 55.1 Å². The maximum atomic E-state index is 13.9. The molecule has 8 nitrogen and oxygen atoms in total. The van der Waals surface area contributed by atoms with Crippen LogP contribution in [0.5, 0.6) is 5.75 Å². The van der Waals surface area contributed by atoms with Crippen molar-refractivity contribution in [2.45, 2.75) is 37.8 Å². The minimum Gasteiger partial charge on any atom is -0.495 e. The van der Waals surface area contributed by atoms with Crippen molar-refractivity contribution in [3.8, 4) is 5.75 Å². The van der Waals surface area contributed by atoms with Gasteiger partial charge < -0.3 is 15.0 Å². The molecule has 2 amide bonds. The first kappa shape index (κ1) is 30.5. The van der Waals surface area contributed by atoms with Crippen LogP contribution in [-0.2, 0) is 26.2 Å². The third-order valence-electron chi connectivity index (χ3n) is 5.99. The second kappa shape index (κ2) is 13.8. The molecule has 3 rings (SSSR count). The number of hydrogen-bond donors (Lipinski definition) is 1. The number of anilines is 1. The van der Waals surface area contributed by atoms with E-state index in [1.54, 1.807) is 25.1 Å². The van der Waals surface area contributed by atoms with E-state index in [4.69, 9.17) is 16.3 Å². The summed E-state index contributed by atoms with van der Waals surface area (Å²) in [5, 5.41) is 3.01. The number of nitrogens with zero attached hydrogens (tertiary/aromatic N) is 2. The zero-order valence-electron chi connectivity index (χ0n) is 21.9. The van der Waals surface area contributed by atoms with E-state index in [0.717, 1.165) is 20.8 Å². The van der Waals surface area contributed by atoms with E-state index in [1.165, 1.54) is 42.3 Å². The summed E-state index contributed by atoms with van der Waals surface area (Å²) in [6.45, 7) is 3.56. The molecule has 0 saturated carbocycles. The molecule has 0 fully saturated rings. The van der Waals surface area contributed by atoms with E-state index >= 15 is 0 Å². The summed E-state index contributed by atoms with van der Waals surface area (Å²) in [5.74, 6) is -0.521. The van der Waals surface area contributed by atoms with Crippen LogP contribution in [0.4, 0.5) is 5.69 Å². The Morgan fingerprint density at radius 3 is 2.38 bits per heavy atom. The summed E-state index contributed by atoms with van der Waals surface area (Å²) < 4.78 is 34.6. The Balaban J connectivity index is 2.04. The van der Waals surface area contributed by atoms with Crippen molar-refractivity contribution in [3.63, 3.8) is 0 Å². The van der Waals surface area contributed by atoms with Crippen LogP contribution in [0.2, 0.25) is 5.02 Å². The molecule has 0 aliphatic heterocycles. The van der Waals surface area contributed by atoms with Crippen LogP contribution >= 0.6 is 27.5 Å². The van der Waals surface area contributed by atoms with Gasteiger partial charge in [0.15, 0.2) is 0 Å². The van der Waals surface area contributed by atoms with Crippen LogP contribution in [0.15, 0.2) is 82.2 Å². The molecular formula is C28H31BrClN3O5S. The molecule has 39 heavy (non-hydrogen) atoms. The normalized spacial score (nSPS) is 11.9. The monoisotopic (exact) mass is 635 g/mol. The van der Waals surface area contributed by atoms with Gasteiger partial charge in [-0.3, -0.25) is 13.9 Å². The molecule has 0 spiro atoms. The molecule has 0 saturated heterocycles. The van der Waals surface area contributed by atoms with Crippen molar-refractivity contribution < 1.29 is 22.7 Å². The maximum Gasteiger partial charge on any atom is 0.264 e. The van der Waals surface area contributed by atoms with Gasteiger partial charge in [-0.15, -0.1) is 0 Å². The minimum atomic E-state index is -4.18. The Hall–Kier alpha value is -3.08. The molecule has 1 atom stereocenters. The molecule has 11 heteroatoms. The standard InChI is InChI=1S/C28H31BrClN3O5S/c1-4-15-31-28(35)20(2)32(18-21-9-8-10-22(29)16-21)27(34)19-33(23-13-14-26(38-3)25(30)17-23)39(36,37)24-11-6-5-7-12-24/h5-14,16-17,20H,4,15,18-19H2,1-3H3,(H,31,35)/t20-/m1/s1. The number of carbonyl (C=O) groups excluding carboxylic acids is 2. The smallest absolute Gasteiger partial charge is 0.264 e. The van der Waals surface area contributed by atoms with Crippen molar-refractivity contribution in [2.75, 3.05) is 24.5 Å². The summed E-state index contributed by atoms with van der Waals surface area (Å²) in [6, 6.07) is 18.8. The lowest BCUT2D eigenvalue weighted by molar-refractivity contribution is -0.139. The Labute approximate surface area is 243 Å². The first-order chi connectivity index (χ1) is 18.6. The zero-order chi connectivity index (χ0) is 28.6. The first-order valence-corrected chi connectivity index (χ1v) is 14.9. The van der Waals surface area contributed by atoms with Gasteiger partial charge in [0.1, 0.15) is 18.3 Å². The molecule has 208 valence electrons. The third kappa shape index (κ3) is 7.74. The minimum absolute atomic E-state index is 0.0111. The largest absolute Gasteiger partial charge is 0.495 e. The average molecular weight is 637 g/mol. The fraction of sp³-hybridized carbons (Fsp3) is 0.286. The van der Waals surface area contributed by atoms with Crippen molar-refractivity contribution in [2.24, 2.45) is 0 Å². The number of halogens is 2. The van der Waals surface area contributed by atoms with E-state index in [-0.39, 0.29) is 28.1 Å². The van der Waals surface area contributed by atoms with E-state index in [1.807, 2.05) is 31.2 Å². The predicted octanol–water partition coefficient (Wildman–Crippen LogP) is 5.25. The first-order valence-electron chi connectivity index (χ1n) is 12.3. The lowest BCUT2D eigenvalue weighted by Crippen LogP contribution is -2.51.